The lowest BCUT2D eigenvalue weighted by atomic mass is 9.84. The number of methoxy groups -OCH3 is 1. The van der Waals surface area contributed by atoms with Crippen LogP contribution in [0.2, 0.25) is 0 Å². The summed E-state index contributed by atoms with van der Waals surface area (Å²) in [6, 6.07) is 1.66. The number of thiocarbonyl (C=S) groups is 1. The molecule has 0 saturated heterocycles. The van der Waals surface area contributed by atoms with E-state index in [1.165, 1.54) is 13.2 Å². The third kappa shape index (κ3) is 2.88. The van der Waals surface area contributed by atoms with Gasteiger partial charge in [0.1, 0.15) is 0 Å². The van der Waals surface area contributed by atoms with E-state index in [-0.39, 0.29) is 28.5 Å². The number of Topliss-reactive ketones (excluding diaryl/α,β-unsaturated/α-hetero) is 1. The van der Waals surface area contributed by atoms with Crippen LogP contribution in [-0.2, 0) is 4.79 Å². The molecule has 8 nitrogen and oxygen atoms in total. The Hall–Kier alpha value is -2.68. The lowest BCUT2D eigenvalue weighted by Crippen LogP contribution is -2.49. The molecule has 1 aromatic rings. The molecule has 26 heavy (non-hydrogen) atoms. The number of benzene rings is 1. The monoisotopic (exact) mass is 377 g/mol. The van der Waals surface area contributed by atoms with E-state index in [1.807, 2.05) is 11.8 Å². The van der Waals surface area contributed by atoms with E-state index < -0.39 is 11.0 Å². The normalized spacial score (nSPS) is 19.9. The third-order valence-electron chi connectivity index (χ3n) is 4.70. The van der Waals surface area contributed by atoms with Gasteiger partial charge in [-0.25, -0.2) is 0 Å². The molecular weight excluding hydrogens is 358 g/mol. The number of aromatic hydroxyl groups is 1. The summed E-state index contributed by atoms with van der Waals surface area (Å²) >= 11 is 5.42. The van der Waals surface area contributed by atoms with Crippen molar-refractivity contribution in [3.8, 4) is 11.5 Å². The average molecular weight is 377 g/mol. The van der Waals surface area contributed by atoms with Crippen molar-refractivity contribution >= 4 is 28.8 Å². The highest BCUT2D eigenvalue weighted by atomic mass is 32.1. The van der Waals surface area contributed by atoms with E-state index in [0.717, 1.165) is 18.2 Å². The highest BCUT2D eigenvalue weighted by Crippen LogP contribution is 2.44. The van der Waals surface area contributed by atoms with Gasteiger partial charge < -0.3 is 20.1 Å². The summed E-state index contributed by atoms with van der Waals surface area (Å²) in [6.07, 6.45) is 1.82. The van der Waals surface area contributed by atoms with Gasteiger partial charge in [-0.1, -0.05) is 0 Å². The first kappa shape index (κ1) is 18.1. The molecule has 0 saturated carbocycles. The molecule has 0 fully saturated rings. The predicted octanol–water partition coefficient (Wildman–Crippen LogP) is 2.57. The highest BCUT2D eigenvalue weighted by molar-refractivity contribution is 7.80. The van der Waals surface area contributed by atoms with Crippen LogP contribution in [0.25, 0.3) is 0 Å². The summed E-state index contributed by atoms with van der Waals surface area (Å²) < 4.78 is 5.07. The molecule has 0 radical (unpaired) electrons. The number of nitro benzene ring substituents is 1. The largest absolute Gasteiger partial charge is 0.504 e. The molecule has 0 spiro atoms. The Bertz CT molecular complexity index is 836. The number of nitrogens with one attached hydrogen (secondary N) is 1. The lowest BCUT2D eigenvalue weighted by molar-refractivity contribution is -0.385. The second kappa shape index (κ2) is 6.91. The molecule has 1 heterocycles. The molecule has 2 aliphatic rings. The smallest absolute Gasteiger partial charge is 0.273 e. The maximum atomic E-state index is 12.7. The van der Waals surface area contributed by atoms with Crippen LogP contribution in [0.15, 0.2) is 23.4 Å². The van der Waals surface area contributed by atoms with Gasteiger partial charge in [-0.3, -0.25) is 14.9 Å². The number of nitrogens with zero attached hydrogens (tertiary/aromatic N) is 2. The molecule has 1 atom stereocenters. The Morgan fingerprint density at radius 2 is 2.19 bits per heavy atom. The summed E-state index contributed by atoms with van der Waals surface area (Å²) in [5, 5.41) is 25.3. The van der Waals surface area contributed by atoms with Gasteiger partial charge in [0.05, 0.1) is 24.1 Å². The SMILES string of the molecule is CCN1C(=S)NC(c2cc([N+](=O)[O-])cc(OC)c2O)C2=C1CCCC2=O. The third-order valence-corrected chi connectivity index (χ3v) is 5.04. The Morgan fingerprint density at radius 3 is 2.81 bits per heavy atom. The fourth-order valence-corrected chi connectivity index (χ4v) is 3.87. The summed E-state index contributed by atoms with van der Waals surface area (Å²) in [5.74, 6) is -0.312. The minimum absolute atomic E-state index is 0.0229. The minimum atomic E-state index is -0.748. The second-order valence-corrected chi connectivity index (χ2v) is 6.49. The summed E-state index contributed by atoms with van der Waals surface area (Å²) in [4.78, 5) is 25.2. The van der Waals surface area contributed by atoms with Gasteiger partial charge >= 0.3 is 0 Å². The fourth-order valence-electron chi connectivity index (χ4n) is 3.51. The molecule has 1 aliphatic carbocycles. The Balaban J connectivity index is 2.22. The number of carbonyl (C=O) groups excluding carboxylic acids is 1. The number of hydrogen-bond acceptors (Lipinski definition) is 6. The number of rotatable bonds is 4. The van der Waals surface area contributed by atoms with Crippen molar-refractivity contribution in [3.63, 3.8) is 0 Å². The zero-order chi connectivity index (χ0) is 19.0. The van der Waals surface area contributed by atoms with Crippen LogP contribution >= 0.6 is 12.2 Å². The van der Waals surface area contributed by atoms with Gasteiger partial charge in [-0.15, -0.1) is 0 Å². The Kier molecular flexibility index (Phi) is 4.82. The number of nitro groups is 1. The first-order valence-electron chi connectivity index (χ1n) is 8.28. The van der Waals surface area contributed by atoms with Gasteiger partial charge in [-0.2, -0.15) is 0 Å². The van der Waals surface area contributed by atoms with Gasteiger partial charge in [0.25, 0.3) is 5.69 Å². The Labute approximate surface area is 155 Å². The standard InChI is InChI=1S/C17H19N3O5S/c1-3-19-11-5-4-6-12(21)14(11)15(18-17(19)26)10-7-9(20(23)24)8-13(25-2)16(10)22/h7-8,15,22H,3-6H2,1-2H3,(H,18,26). The van der Waals surface area contributed by atoms with Gasteiger partial charge in [0.2, 0.25) is 0 Å². The molecule has 3 rings (SSSR count). The quantitative estimate of drug-likeness (QED) is 0.469. The van der Waals surface area contributed by atoms with Crippen molar-refractivity contribution in [2.45, 2.75) is 32.2 Å². The van der Waals surface area contributed by atoms with E-state index in [1.54, 1.807) is 0 Å². The van der Waals surface area contributed by atoms with Crippen molar-refractivity contribution in [1.29, 1.82) is 0 Å². The first-order valence-corrected chi connectivity index (χ1v) is 8.69. The highest BCUT2D eigenvalue weighted by Gasteiger charge is 2.38. The van der Waals surface area contributed by atoms with E-state index in [9.17, 15) is 20.0 Å². The van der Waals surface area contributed by atoms with Crippen LogP contribution in [0.4, 0.5) is 5.69 Å². The first-order chi connectivity index (χ1) is 12.4. The van der Waals surface area contributed by atoms with Crippen LogP contribution in [-0.4, -0.2) is 39.5 Å². The van der Waals surface area contributed by atoms with Crippen LogP contribution in [0.5, 0.6) is 11.5 Å². The van der Waals surface area contributed by atoms with Crippen molar-refractivity contribution in [1.82, 2.24) is 10.2 Å². The van der Waals surface area contributed by atoms with E-state index in [4.69, 9.17) is 17.0 Å². The summed E-state index contributed by atoms with van der Waals surface area (Å²) in [7, 11) is 1.32. The summed E-state index contributed by atoms with van der Waals surface area (Å²) in [5.41, 5.74) is 1.30. The molecule has 1 aromatic carbocycles. The van der Waals surface area contributed by atoms with Crippen molar-refractivity contribution in [2.75, 3.05) is 13.7 Å². The number of ketones is 1. The van der Waals surface area contributed by atoms with Crippen molar-refractivity contribution in [2.24, 2.45) is 0 Å². The molecule has 138 valence electrons. The molecule has 0 bridgehead atoms. The Morgan fingerprint density at radius 1 is 1.46 bits per heavy atom. The maximum Gasteiger partial charge on any atom is 0.273 e. The number of allylic oxidation sites excluding steroid dienone is 1. The molecule has 1 unspecified atom stereocenters. The van der Waals surface area contributed by atoms with E-state index in [0.29, 0.717) is 30.1 Å². The lowest BCUT2D eigenvalue weighted by Gasteiger charge is -2.40. The van der Waals surface area contributed by atoms with E-state index in [2.05, 4.69) is 5.32 Å². The number of carbonyl (C=O) groups is 1. The van der Waals surface area contributed by atoms with E-state index >= 15 is 0 Å². The molecular formula is C17H19N3O5S. The molecule has 9 heteroatoms. The van der Waals surface area contributed by atoms with Crippen LogP contribution in [0.1, 0.15) is 37.8 Å². The molecule has 0 amide bonds. The number of hydrogen-bond donors (Lipinski definition) is 2. The summed E-state index contributed by atoms with van der Waals surface area (Å²) in [6.45, 7) is 2.54. The number of phenolic OH excluding ortho intramolecular Hbond substituents is 1. The van der Waals surface area contributed by atoms with Crippen LogP contribution in [0, 0.1) is 10.1 Å². The molecule has 1 aliphatic heterocycles. The number of non-ortho nitro benzene ring substituents is 1. The molecule has 2 N–H and O–H groups in total. The zero-order valence-electron chi connectivity index (χ0n) is 14.4. The minimum Gasteiger partial charge on any atom is -0.504 e. The predicted molar refractivity (Wildman–Crippen MR) is 98.1 cm³/mol. The van der Waals surface area contributed by atoms with Gasteiger partial charge in [0.15, 0.2) is 22.4 Å². The van der Waals surface area contributed by atoms with Crippen molar-refractivity contribution < 1.29 is 19.6 Å². The maximum absolute atomic E-state index is 12.7. The number of ether oxygens (including phenoxy) is 1. The van der Waals surface area contributed by atoms with Gasteiger partial charge in [0, 0.05) is 35.9 Å². The van der Waals surface area contributed by atoms with Crippen LogP contribution < -0.4 is 10.1 Å². The van der Waals surface area contributed by atoms with Crippen LogP contribution in [0.3, 0.4) is 0 Å². The topological polar surface area (TPSA) is 105 Å². The second-order valence-electron chi connectivity index (χ2n) is 6.11. The fraction of sp³-hybridized carbons (Fsp3) is 0.412. The molecule has 0 aromatic heterocycles. The number of phenols is 1. The van der Waals surface area contributed by atoms with Gasteiger partial charge in [-0.05, 0) is 32.0 Å². The van der Waals surface area contributed by atoms with Crippen molar-refractivity contribution in [3.05, 3.63) is 39.1 Å². The average Bonchev–Trinajstić information content (AvgIpc) is 2.61. The zero-order valence-corrected chi connectivity index (χ0v) is 15.3.